The van der Waals surface area contributed by atoms with Gasteiger partial charge in [0.25, 0.3) is 0 Å². The molecule has 2 N–H and O–H groups in total. The standard InChI is InChI=1S/C16H28N.BrH.H2O/c1-4-12-17(13-5-2,14-6-3)15-16-10-8-7-9-11-16;;/h7-11H,4-6,12-15H2,1-3H3;1H;1H2/q+1;;/p-1. The normalized spacial score (nSPS) is 10.5. The summed E-state index contributed by atoms with van der Waals surface area (Å²) in [7, 11) is 0. The molecule has 0 saturated carbocycles. The van der Waals surface area contributed by atoms with Crippen LogP contribution in [-0.2, 0) is 6.54 Å². The van der Waals surface area contributed by atoms with Crippen molar-refractivity contribution in [3.63, 3.8) is 0 Å². The van der Waals surface area contributed by atoms with Gasteiger partial charge < -0.3 is 26.9 Å². The first kappa shape index (κ1) is 20.9. The van der Waals surface area contributed by atoms with Crippen LogP contribution < -0.4 is 17.0 Å². The lowest BCUT2D eigenvalue weighted by Gasteiger charge is -2.38. The molecule has 0 spiro atoms. The number of halogens is 1. The molecule has 1 aromatic rings. The molecule has 0 bridgehead atoms. The van der Waals surface area contributed by atoms with Gasteiger partial charge in [-0.3, -0.25) is 0 Å². The van der Waals surface area contributed by atoms with E-state index in [0.29, 0.717) is 0 Å². The minimum atomic E-state index is 0. The Morgan fingerprint density at radius 3 is 1.58 bits per heavy atom. The third-order valence-corrected chi connectivity index (χ3v) is 3.45. The average molecular weight is 332 g/mol. The highest BCUT2D eigenvalue weighted by Crippen LogP contribution is 2.17. The molecule has 3 heteroatoms. The lowest BCUT2D eigenvalue weighted by atomic mass is 10.1. The van der Waals surface area contributed by atoms with E-state index in [9.17, 15) is 0 Å². The smallest absolute Gasteiger partial charge is 0.104 e. The van der Waals surface area contributed by atoms with E-state index >= 15 is 0 Å². The van der Waals surface area contributed by atoms with E-state index in [-0.39, 0.29) is 22.5 Å². The third kappa shape index (κ3) is 7.09. The van der Waals surface area contributed by atoms with Crippen molar-refractivity contribution in [2.45, 2.75) is 46.6 Å². The van der Waals surface area contributed by atoms with E-state index in [4.69, 9.17) is 0 Å². The zero-order chi connectivity index (χ0) is 12.6. The molecule has 1 rings (SSSR count). The molecule has 112 valence electrons. The van der Waals surface area contributed by atoms with Gasteiger partial charge in [-0.25, -0.2) is 0 Å². The van der Waals surface area contributed by atoms with Crippen molar-refractivity contribution in [1.82, 2.24) is 0 Å². The van der Waals surface area contributed by atoms with Crippen molar-refractivity contribution in [2.24, 2.45) is 0 Å². The fraction of sp³-hybridized carbons (Fsp3) is 0.625. The first-order chi connectivity index (χ1) is 8.26. The van der Waals surface area contributed by atoms with Crippen LogP contribution in [0.5, 0.6) is 0 Å². The Hall–Kier alpha value is -0.380. The molecule has 0 saturated heterocycles. The quantitative estimate of drug-likeness (QED) is 0.618. The Morgan fingerprint density at radius 1 is 0.789 bits per heavy atom. The van der Waals surface area contributed by atoms with Crippen molar-refractivity contribution >= 4 is 0 Å². The van der Waals surface area contributed by atoms with Crippen LogP contribution >= 0.6 is 0 Å². The van der Waals surface area contributed by atoms with Crippen LogP contribution in [-0.4, -0.2) is 29.6 Å². The molecule has 0 amide bonds. The van der Waals surface area contributed by atoms with Crippen molar-refractivity contribution in [2.75, 3.05) is 19.6 Å². The second kappa shape index (κ2) is 11.4. The van der Waals surface area contributed by atoms with Crippen LogP contribution in [0.1, 0.15) is 45.6 Å². The second-order valence-electron chi connectivity index (χ2n) is 5.16. The minimum Gasteiger partial charge on any atom is -1.00 e. The monoisotopic (exact) mass is 331 g/mol. The Labute approximate surface area is 129 Å². The Bertz CT molecular complexity index is 286. The summed E-state index contributed by atoms with van der Waals surface area (Å²) in [6.45, 7) is 12.1. The average Bonchev–Trinajstić information content (AvgIpc) is 2.31. The minimum absolute atomic E-state index is 0. The van der Waals surface area contributed by atoms with Gasteiger partial charge in [0.15, 0.2) is 0 Å². The van der Waals surface area contributed by atoms with Gasteiger partial charge >= 0.3 is 0 Å². The summed E-state index contributed by atoms with van der Waals surface area (Å²) in [6.07, 6.45) is 3.85. The number of benzene rings is 1. The van der Waals surface area contributed by atoms with Crippen molar-refractivity contribution < 1.29 is 26.9 Å². The van der Waals surface area contributed by atoms with E-state index in [1.165, 1.54) is 55.5 Å². The molecule has 0 aliphatic rings. The van der Waals surface area contributed by atoms with Gasteiger partial charge in [-0.1, -0.05) is 51.1 Å². The van der Waals surface area contributed by atoms with Gasteiger partial charge in [-0.2, -0.15) is 0 Å². The van der Waals surface area contributed by atoms with Crippen molar-refractivity contribution in [3.8, 4) is 0 Å². The zero-order valence-corrected chi connectivity index (χ0v) is 14.2. The molecule has 0 aliphatic heterocycles. The van der Waals surface area contributed by atoms with Crippen LogP contribution in [0, 0.1) is 0 Å². The lowest BCUT2D eigenvalue weighted by Crippen LogP contribution is -3.00. The van der Waals surface area contributed by atoms with Crippen LogP contribution in [0.2, 0.25) is 0 Å². The van der Waals surface area contributed by atoms with Gasteiger partial charge in [0.1, 0.15) is 6.54 Å². The molecule has 0 unspecified atom stereocenters. The predicted molar refractivity (Wildman–Crippen MR) is 79.5 cm³/mol. The molecule has 0 atom stereocenters. The van der Waals surface area contributed by atoms with E-state index in [0.717, 1.165) is 0 Å². The van der Waals surface area contributed by atoms with E-state index in [1.807, 2.05) is 0 Å². The van der Waals surface area contributed by atoms with Gasteiger partial charge in [-0.05, 0) is 19.3 Å². The predicted octanol–water partition coefficient (Wildman–Crippen LogP) is 0.413. The highest BCUT2D eigenvalue weighted by Gasteiger charge is 2.24. The van der Waals surface area contributed by atoms with Gasteiger partial charge in [0, 0.05) is 5.56 Å². The van der Waals surface area contributed by atoms with Crippen LogP contribution in [0.25, 0.3) is 0 Å². The molecule has 0 aliphatic carbocycles. The highest BCUT2D eigenvalue weighted by atomic mass is 79.9. The summed E-state index contributed by atoms with van der Waals surface area (Å²) in [6, 6.07) is 11.0. The molecule has 0 heterocycles. The van der Waals surface area contributed by atoms with Gasteiger partial charge in [0.2, 0.25) is 0 Å². The maximum absolute atomic E-state index is 2.31. The maximum atomic E-state index is 2.31. The maximum Gasteiger partial charge on any atom is 0.104 e. The Kier molecular flexibility index (Phi) is 12.6. The number of hydrogen-bond acceptors (Lipinski definition) is 0. The fourth-order valence-corrected chi connectivity index (χ4v) is 2.97. The van der Waals surface area contributed by atoms with Gasteiger partial charge in [0.05, 0.1) is 19.6 Å². The number of quaternary nitrogens is 1. The SMILES string of the molecule is CCC[N+](CCC)(CCC)Cc1ccccc1.O.[Br-]. The molecule has 0 aromatic heterocycles. The second-order valence-corrected chi connectivity index (χ2v) is 5.16. The fourth-order valence-electron chi connectivity index (χ4n) is 2.97. The highest BCUT2D eigenvalue weighted by molar-refractivity contribution is 5.13. The molecule has 19 heavy (non-hydrogen) atoms. The van der Waals surface area contributed by atoms with E-state index in [1.54, 1.807) is 0 Å². The molecular weight excluding hydrogens is 302 g/mol. The summed E-state index contributed by atoms with van der Waals surface area (Å²) in [5.74, 6) is 0. The molecule has 0 fully saturated rings. The lowest BCUT2D eigenvalue weighted by molar-refractivity contribution is -0.941. The largest absolute Gasteiger partial charge is 1.00 e. The number of nitrogens with zero attached hydrogens (tertiary/aromatic N) is 1. The van der Waals surface area contributed by atoms with E-state index in [2.05, 4.69) is 51.1 Å². The van der Waals surface area contributed by atoms with E-state index < -0.39 is 0 Å². The first-order valence-electron chi connectivity index (χ1n) is 7.15. The Balaban J connectivity index is 0. The molecule has 0 radical (unpaired) electrons. The summed E-state index contributed by atoms with van der Waals surface area (Å²) in [5.41, 5.74) is 1.49. The van der Waals surface area contributed by atoms with Gasteiger partial charge in [-0.15, -0.1) is 0 Å². The van der Waals surface area contributed by atoms with Crippen molar-refractivity contribution in [1.29, 1.82) is 0 Å². The van der Waals surface area contributed by atoms with Crippen LogP contribution in [0.3, 0.4) is 0 Å². The number of rotatable bonds is 8. The zero-order valence-electron chi connectivity index (χ0n) is 12.7. The summed E-state index contributed by atoms with van der Waals surface area (Å²) in [5, 5.41) is 0. The van der Waals surface area contributed by atoms with Crippen molar-refractivity contribution in [3.05, 3.63) is 35.9 Å². The summed E-state index contributed by atoms with van der Waals surface area (Å²) in [4.78, 5) is 0. The number of hydrogen-bond donors (Lipinski definition) is 0. The third-order valence-electron chi connectivity index (χ3n) is 3.45. The summed E-state index contributed by atoms with van der Waals surface area (Å²) >= 11 is 0. The first-order valence-corrected chi connectivity index (χ1v) is 7.15. The molecule has 1 aromatic carbocycles. The van der Waals surface area contributed by atoms with Crippen LogP contribution in [0.15, 0.2) is 30.3 Å². The Morgan fingerprint density at radius 2 is 1.21 bits per heavy atom. The topological polar surface area (TPSA) is 31.5 Å². The summed E-state index contributed by atoms with van der Waals surface area (Å²) < 4.78 is 1.27. The molecular formula is C16H30BrNO. The molecule has 2 nitrogen and oxygen atoms in total. The van der Waals surface area contributed by atoms with Crippen LogP contribution in [0.4, 0.5) is 0 Å².